The van der Waals surface area contributed by atoms with E-state index in [1.54, 1.807) is 18.2 Å². The quantitative estimate of drug-likeness (QED) is 0.563. The Morgan fingerprint density at radius 2 is 1.91 bits per heavy atom. The number of para-hydroxylation sites is 1. The summed E-state index contributed by atoms with van der Waals surface area (Å²) in [6.07, 6.45) is 0. The molecule has 3 N–H and O–H groups in total. The third-order valence-electron chi connectivity index (χ3n) is 6.29. The van der Waals surface area contributed by atoms with Gasteiger partial charge in [0, 0.05) is 29.9 Å². The zero-order chi connectivity index (χ0) is 22.9. The maximum atomic E-state index is 13.1. The van der Waals surface area contributed by atoms with Crippen LogP contribution in [0.15, 0.2) is 66.7 Å². The number of rotatable bonds is 5. The minimum Gasteiger partial charge on any atom is -0.496 e. The number of hydrogen-bond acceptors (Lipinski definition) is 5. The van der Waals surface area contributed by atoms with E-state index in [-0.39, 0.29) is 23.8 Å². The number of nitrogens with zero attached hydrogens (tertiary/aromatic N) is 1. The fourth-order valence-corrected chi connectivity index (χ4v) is 4.46. The molecule has 0 radical (unpaired) electrons. The SMILES string of the molecule is COc1ccccc1CNC(=O)c1ccc2c(c1)C1NN(c3ccc(C)cc3)C(=O)C1CN2. The summed E-state index contributed by atoms with van der Waals surface area (Å²) in [5.41, 5.74) is 8.63. The van der Waals surface area contributed by atoms with Gasteiger partial charge in [-0.2, -0.15) is 0 Å². The van der Waals surface area contributed by atoms with Crippen molar-refractivity contribution in [3.63, 3.8) is 0 Å². The summed E-state index contributed by atoms with van der Waals surface area (Å²) in [6, 6.07) is 20.8. The summed E-state index contributed by atoms with van der Waals surface area (Å²) < 4.78 is 5.36. The second-order valence-corrected chi connectivity index (χ2v) is 8.40. The fraction of sp³-hybridized carbons (Fsp3) is 0.231. The van der Waals surface area contributed by atoms with Crippen LogP contribution in [0.1, 0.15) is 33.1 Å². The lowest BCUT2D eigenvalue weighted by Gasteiger charge is -2.27. The average Bonchev–Trinajstić information content (AvgIpc) is 3.19. The number of carbonyl (C=O) groups is 2. The lowest BCUT2D eigenvalue weighted by molar-refractivity contribution is -0.120. The number of aryl methyl sites for hydroxylation is 1. The number of nitrogens with one attached hydrogen (secondary N) is 3. The van der Waals surface area contributed by atoms with Crippen LogP contribution in [0.2, 0.25) is 0 Å². The van der Waals surface area contributed by atoms with Crippen LogP contribution in [-0.4, -0.2) is 25.5 Å². The molecule has 0 spiro atoms. The predicted molar refractivity (Wildman–Crippen MR) is 127 cm³/mol. The monoisotopic (exact) mass is 442 g/mol. The minimum absolute atomic E-state index is 0.0213. The second-order valence-electron chi connectivity index (χ2n) is 8.40. The van der Waals surface area contributed by atoms with Gasteiger partial charge in [0.15, 0.2) is 0 Å². The molecule has 2 atom stereocenters. The minimum atomic E-state index is -0.245. The molecule has 0 aromatic heterocycles. The number of anilines is 2. The van der Waals surface area contributed by atoms with Gasteiger partial charge in [-0.1, -0.05) is 35.9 Å². The van der Waals surface area contributed by atoms with E-state index in [0.717, 1.165) is 33.8 Å². The summed E-state index contributed by atoms with van der Waals surface area (Å²) >= 11 is 0. The molecule has 0 bridgehead atoms. The standard InChI is InChI=1S/C26H26N4O3/c1-16-7-10-19(11-8-16)30-26(32)21-15-27-22-12-9-17(13-20(22)24(21)29-30)25(31)28-14-18-5-3-4-6-23(18)33-2/h3-13,21,24,27,29H,14-15H2,1-2H3,(H,28,31). The van der Waals surface area contributed by atoms with Gasteiger partial charge in [0.05, 0.1) is 24.8 Å². The number of fused-ring (bicyclic) bond motifs is 3. The van der Waals surface area contributed by atoms with Gasteiger partial charge in [-0.15, -0.1) is 0 Å². The average molecular weight is 443 g/mol. The Bertz CT molecular complexity index is 1210. The highest BCUT2D eigenvalue weighted by Gasteiger charge is 2.44. The highest BCUT2D eigenvalue weighted by atomic mass is 16.5. The Kier molecular flexibility index (Phi) is 5.48. The molecule has 2 amide bonds. The van der Waals surface area contributed by atoms with Crippen molar-refractivity contribution in [2.45, 2.75) is 19.5 Å². The molecule has 2 aliphatic heterocycles. The van der Waals surface area contributed by atoms with Crippen LogP contribution in [0.25, 0.3) is 0 Å². The van der Waals surface area contributed by atoms with Crippen LogP contribution in [0.4, 0.5) is 11.4 Å². The van der Waals surface area contributed by atoms with Crippen molar-refractivity contribution in [1.29, 1.82) is 0 Å². The van der Waals surface area contributed by atoms with Crippen molar-refractivity contribution < 1.29 is 14.3 Å². The van der Waals surface area contributed by atoms with Gasteiger partial charge >= 0.3 is 0 Å². The van der Waals surface area contributed by atoms with E-state index in [4.69, 9.17) is 4.74 Å². The first-order valence-corrected chi connectivity index (χ1v) is 11.0. The molecule has 7 heteroatoms. The molecular weight excluding hydrogens is 416 g/mol. The van der Waals surface area contributed by atoms with Gasteiger partial charge in [0.2, 0.25) is 5.91 Å². The molecule has 5 rings (SSSR count). The third-order valence-corrected chi connectivity index (χ3v) is 6.29. The molecule has 33 heavy (non-hydrogen) atoms. The Hall–Kier alpha value is -3.84. The van der Waals surface area contributed by atoms with E-state index in [2.05, 4.69) is 16.1 Å². The van der Waals surface area contributed by atoms with Crippen molar-refractivity contribution in [3.8, 4) is 5.75 Å². The molecule has 0 saturated carbocycles. The molecule has 7 nitrogen and oxygen atoms in total. The molecule has 1 saturated heterocycles. The first-order valence-electron chi connectivity index (χ1n) is 11.0. The van der Waals surface area contributed by atoms with E-state index >= 15 is 0 Å². The fourth-order valence-electron chi connectivity index (χ4n) is 4.46. The van der Waals surface area contributed by atoms with E-state index in [1.807, 2.05) is 67.6 Å². The van der Waals surface area contributed by atoms with Crippen molar-refractivity contribution >= 4 is 23.2 Å². The van der Waals surface area contributed by atoms with Crippen molar-refractivity contribution in [1.82, 2.24) is 10.7 Å². The van der Waals surface area contributed by atoms with Gasteiger partial charge < -0.3 is 15.4 Å². The van der Waals surface area contributed by atoms with Crippen LogP contribution in [0, 0.1) is 12.8 Å². The van der Waals surface area contributed by atoms with Gasteiger partial charge in [-0.25, -0.2) is 10.4 Å². The molecule has 3 aromatic carbocycles. The molecule has 2 heterocycles. The van der Waals surface area contributed by atoms with Gasteiger partial charge in [0.25, 0.3) is 5.91 Å². The topological polar surface area (TPSA) is 82.7 Å². The number of ether oxygens (including phenoxy) is 1. The van der Waals surface area contributed by atoms with E-state index < -0.39 is 0 Å². The Morgan fingerprint density at radius 3 is 2.70 bits per heavy atom. The third kappa shape index (κ3) is 3.91. The molecule has 3 aromatic rings. The van der Waals surface area contributed by atoms with Crippen LogP contribution in [-0.2, 0) is 11.3 Å². The molecule has 2 aliphatic rings. The van der Waals surface area contributed by atoms with Crippen molar-refractivity contribution in [2.75, 3.05) is 24.0 Å². The number of amides is 2. The zero-order valence-electron chi connectivity index (χ0n) is 18.6. The molecular formula is C26H26N4O3. The summed E-state index contributed by atoms with van der Waals surface area (Å²) in [4.78, 5) is 26.0. The maximum absolute atomic E-state index is 13.1. The van der Waals surface area contributed by atoms with Crippen LogP contribution in [0.5, 0.6) is 5.75 Å². The summed E-state index contributed by atoms with van der Waals surface area (Å²) in [6.45, 7) is 2.93. The molecule has 1 fully saturated rings. The van der Waals surface area contributed by atoms with Crippen molar-refractivity contribution in [2.24, 2.45) is 5.92 Å². The van der Waals surface area contributed by atoms with E-state index in [9.17, 15) is 9.59 Å². The Balaban J connectivity index is 1.36. The number of benzene rings is 3. The van der Waals surface area contributed by atoms with Crippen LogP contribution in [0.3, 0.4) is 0 Å². The molecule has 0 aliphatic carbocycles. The van der Waals surface area contributed by atoms with Gasteiger partial charge in [-0.3, -0.25) is 9.59 Å². The van der Waals surface area contributed by atoms with Crippen LogP contribution >= 0.6 is 0 Å². The molecule has 2 unspecified atom stereocenters. The number of methoxy groups -OCH3 is 1. The second kappa shape index (κ2) is 8.60. The number of hydrogen-bond donors (Lipinski definition) is 3. The first kappa shape index (κ1) is 21.0. The highest BCUT2D eigenvalue weighted by molar-refractivity contribution is 5.99. The lowest BCUT2D eigenvalue weighted by Crippen LogP contribution is -2.35. The predicted octanol–water partition coefficient (Wildman–Crippen LogP) is 3.57. The van der Waals surface area contributed by atoms with Crippen molar-refractivity contribution in [3.05, 3.63) is 89.0 Å². The largest absolute Gasteiger partial charge is 0.496 e. The van der Waals surface area contributed by atoms with Crippen LogP contribution < -0.4 is 25.8 Å². The van der Waals surface area contributed by atoms with Gasteiger partial charge in [0.1, 0.15) is 5.75 Å². The molecule has 168 valence electrons. The first-order chi connectivity index (χ1) is 16.0. The summed E-state index contributed by atoms with van der Waals surface area (Å²) in [7, 11) is 1.61. The summed E-state index contributed by atoms with van der Waals surface area (Å²) in [5.74, 6) is 0.337. The summed E-state index contributed by atoms with van der Waals surface area (Å²) in [5, 5.41) is 7.94. The maximum Gasteiger partial charge on any atom is 0.251 e. The Morgan fingerprint density at radius 1 is 1.12 bits per heavy atom. The lowest BCUT2D eigenvalue weighted by atomic mass is 9.88. The van der Waals surface area contributed by atoms with E-state index in [0.29, 0.717) is 18.7 Å². The van der Waals surface area contributed by atoms with E-state index in [1.165, 1.54) is 0 Å². The number of carbonyl (C=O) groups excluding carboxylic acids is 2. The number of hydrazine groups is 1. The van der Waals surface area contributed by atoms with Gasteiger partial charge in [-0.05, 0) is 48.9 Å². The Labute approximate surface area is 192 Å². The zero-order valence-corrected chi connectivity index (χ0v) is 18.6. The smallest absolute Gasteiger partial charge is 0.251 e. The normalized spacial score (nSPS) is 18.8. The highest BCUT2D eigenvalue weighted by Crippen LogP contribution is 2.40.